The van der Waals surface area contributed by atoms with Gasteiger partial charge in [0.15, 0.2) is 12.3 Å². The molecule has 1 aromatic carbocycles. The van der Waals surface area contributed by atoms with Crippen LogP contribution in [-0.2, 0) is 4.79 Å². The van der Waals surface area contributed by atoms with Crippen LogP contribution in [0, 0.1) is 6.92 Å². The van der Waals surface area contributed by atoms with Gasteiger partial charge in [0.1, 0.15) is 5.75 Å². The normalized spacial score (nSPS) is 11.0. The van der Waals surface area contributed by atoms with Gasteiger partial charge in [0, 0.05) is 11.4 Å². The number of benzene rings is 1. The Balaban J connectivity index is 1.65. The second-order valence-corrected chi connectivity index (χ2v) is 5.97. The number of aryl methyl sites for hydroxylation is 1. The quantitative estimate of drug-likeness (QED) is 0.781. The minimum absolute atomic E-state index is 0.0489. The first kappa shape index (κ1) is 16.0. The van der Waals surface area contributed by atoms with E-state index >= 15 is 0 Å². The molecular formula is C18H20N4O2. The summed E-state index contributed by atoms with van der Waals surface area (Å²) in [5, 5.41) is 8.00. The Morgan fingerprint density at radius 2 is 2.12 bits per heavy atom. The summed E-state index contributed by atoms with van der Waals surface area (Å²) in [7, 11) is 0. The number of ether oxygens (including phenoxy) is 1. The molecular weight excluding hydrogens is 304 g/mol. The minimum atomic E-state index is -0.228. The van der Waals surface area contributed by atoms with Crippen molar-refractivity contribution in [3.63, 3.8) is 0 Å². The smallest absolute Gasteiger partial charge is 0.262 e. The Morgan fingerprint density at radius 1 is 1.29 bits per heavy atom. The topological polar surface area (TPSA) is 69.0 Å². The summed E-state index contributed by atoms with van der Waals surface area (Å²) in [6, 6.07) is 9.68. The zero-order valence-electron chi connectivity index (χ0n) is 14.0. The van der Waals surface area contributed by atoms with E-state index in [0.29, 0.717) is 11.4 Å². The Kier molecular flexibility index (Phi) is 4.46. The van der Waals surface area contributed by atoms with Crippen molar-refractivity contribution in [2.45, 2.75) is 26.8 Å². The van der Waals surface area contributed by atoms with Gasteiger partial charge in [-0.3, -0.25) is 4.79 Å². The third-order valence-electron chi connectivity index (χ3n) is 3.57. The highest BCUT2D eigenvalue weighted by Gasteiger charge is 2.09. The molecule has 0 aliphatic carbocycles. The molecule has 0 bridgehead atoms. The molecule has 124 valence electrons. The highest BCUT2D eigenvalue weighted by atomic mass is 16.5. The highest BCUT2D eigenvalue weighted by Crippen LogP contribution is 2.19. The van der Waals surface area contributed by atoms with Crippen LogP contribution in [0.2, 0.25) is 0 Å². The largest absolute Gasteiger partial charge is 0.484 e. The van der Waals surface area contributed by atoms with Crippen LogP contribution < -0.4 is 10.1 Å². The van der Waals surface area contributed by atoms with Crippen molar-refractivity contribution in [1.82, 2.24) is 14.8 Å². The van der Waals surface area contributed by atoms with Gasteiger partial charge >= 0.3 is 0 Å². The number of hydrogen-bond acceptors (Lipinski definition) is 4. The van der Waals surface area contributed by atoms with Crippen molar-refractivity contribution < 1.29 is 9.53 Å². The molecule has 0 fully saturated rings. The van der Waals surface area contributed by atoms with Crippen molar-refractivity contribution in [3.8, 4) is 5.75 Å². The van der Waals surface area contributed by atoms with Crippen molar-refractivity contribution in [1.29, 1.82) is 0 Å². The number of anilines is 1. The first-order chi connectivity index (χ1) is 11.5. The second kappa shape index (κ2) is 6.70. The highest BCUT2D eigenvalue weighted by molar-refractivity contribution is 5.93. The van der Waals surface area contributed by atoms with E-state index in [-0.39, 0.29) is 18.6 Å². The summed E-state index contributed by atoms with van der Waals surface area (Å²) in [6.07, 6.45) is 3.38. The molecule has 0 atom stereocenters. The number of amides is 1. The van der Waals surface area contributed by atoms with Gasteiger partial charge in [-0.1, -0.05) is 12.1 Å². The lowest BCUT2D eigenvalue weighted by molar-refractivity contribution is -0.118. The van der Waals surface area contributed by atoms with Crippen molar-refractivity contribution in [2.75, 3.05) is 11.9 Å². The molecule has 0 unspecified atom stereocenters. The molecule has 0 saturated carbocycles. The van der Waals surface area contributed by atoms with Gasteiger partial charge < -0.3 is 10.1 Å². The third kappa shape index (κ3) is 3.53. The molecule has 3 rings (SSSR count). The maximum atomic E-state index is 12.0. The van der Waals surface area contributed by atoms with Crippen LogP contribution in [0.4, 0.5) is 5.69 Å². The number of carbonyl (C=O) groups is 1. The Morgan fingerprint density at radius 3 is 2.88 bits per heavy atom. The zero-order valence-corrected chi connectivity index (χ0v) is 14.0. The van der Waals surface area contributed by atoms with E-state index in [1.807, 2.05) is 55.8 Å². The number of hydrogen-bond donors (Lipinski definition) is 1. The van der Waals surface area contributed by atoms with Crippen LogP contribution in [0.1, 0.15) is 25.5 Å². The molecule has 0 aliphatic rings. The maximum Gasteiger partial charge on any atom is 0.262 e. The predicted molar refractivity (Wildman–Crippen MR) is 93.2 cm³/mol. The lowest BCUT2D eigenvalue weighted by Gasteiger charge is -2.09. The van der Waals surface area contributed by atoms with Crippen molar-refractivity contribution >= 4 is 22.6 Å². The summed E-state index contributed by atoms with van der Waals surface area (Å²) in [5.74, 6) is 0.450. The number of fused-ring (bicyclic) bond motifs is 1. The lowest BCUT2D eigenvalue weighted by Crippen LogP contribution is -2.20. The number of nitrogens with one attached hydrogen (secondary N) is 1. The van der Waals surface area contributed by atoms with E-state index in [0.717, 1.165) is 16.6 Å². The van der Waals surface area contributed by atoms with Crippen molar-refractivity contribution in [2.24, 2.45) is 0 Å². The summed E-state index contributed by atoms with van der Waals surface area (Å²) in [5.41, 5.74) is 2.52. The number of carbonyl (C=O) groups excluding carboxylic acids is 1. The fraction of sp³-hybridized carbons (Fsp3) is 0.278. The average molecular weight is 324 g/mol. The van der Waals surface area contributed by atoms with Gasteiger partial charge in [0.2, 0.25) is 0 Å². The Hall–Kier alpha value is -2.89. The fourth-order valence-electron chi connectivity index (χ4n) is 2.44. The second-order valence-electron chi connectivity index (χ2n) is 5.97. The molecule has 6 heteroatoms. The fourth-order valence-corrected chi connectivity index (χ4v) is 2.44. The molecule has 0 radical (unpaired) electrons. The minimum Gasteiger partial charge on any atom is -0.484 e. The van der Waals surface area contributed by atoms with E-state index in [1.165, 1.54) is 0 Å². The zero-order chi connectivity index (χ0) is 17.1. The van der Waals surface area contributed by atoms with Gasteiger partial charge in [-0.25, -0.2) is 9.67 Å². The van der Waals surface area contributed by atoms with Crippen LogP contribution in [0.3, 0.4) is 0 Å². The molecule has 1 amide bonds. The molecule has 1 N–H and O–H groups in total. The summed E-state index contributed by atoms with van der Waals surface area (Å²) in [6.45, 7) is 6.02. The Bertz CT molecular complexity index is 870. The first-order valence-corrected chi connectivity index (χ1v) is 7.85. The van der Waals surface area contributed by atoms with E-state index in [1.54, 1.807) is 12.4 Å². The van der Waals surface area contributed by atoms with Crippen molar-refractivity contribution in [3.05, 3.63) is 48.3 Å². The molecule has 0 saturated heterocycles. The standard InChI is InChI=1S/C18H20N4O2/c1-12(2)22-18-14(9-20-22)8-15(10-19-18)21-17(23)11-24-16-6-4-5-13(3)7-16/h4-10,12H,11H2,1-3H3,(H,21,23). The predicted octanol–water partition coefficient (Wildman–Crippen LogP) is 3.34. The van der Waals surface area contributed by atoms with Crippen LogP contribution in [0.15, 0.2) is 42.7 Å². The number of aromatic nitrogens is 3. The van der Waals surface area contributed by atoms with E-state index in [4.69, 9.17) is 4.74 Å². The summed E-state index contributed by atoms with van der Waals surface area (Å²) in [4.78, 5) is 16.4. The first-order valence-electron chi connectivity index (χ1n) is 7.85. The van der Waals surface area contributed by atoms with Gasteiger partial charge in [0.25, 0.3) is 5.91 Å². The summed E-state index contributed by atoms with van der Waals surface area (Å²) >= 11 is 0. The van der Waals surface area contributed by atoms with E-state index in [9.17, 15) is 4.79 Å². The SMILES string of the molecule is Cc1cccc(OCC(=O)Nc2cnc3c(cnn3C(C)C)c2)c1. The molecule has 0 spiro atoms. The van der Waals surface area contributed by atoms with Gasteiger partial charge in [0.05, 0.1) is 18.1 Å². The molecule has 2 aromatic heterocycles. The lowest BCUT2D eigenvalue weighted by atomic mass is 10.2. The monoisotopic (exact) mass is 324 g/mol. The van der Waals surface area contributed by atoms with Crippen LogP contribution in [0.5, 0.6) is 5.75 Å². The number of rotatable bonds is 5. The number of pyridine rings is 1. The van der Waals surface area contributed by atoms with Crippen LogP contribution in [0.25, 0.3) is 11.0 Å². The third-order valence-corrected chi connectivity index (χ3v) is 3.57. The van der Waals surface area contributed by atoms with Crippen LogP contribution >= 0.6 is 0 Å². The Labute approximate surface area is 140 Å². The maximum absolute atomic E-state index is 12.0. The van der Waals surface area contributed by atoms with Gasteiger partial charge in [-0.15, -0.1) is 0 Å². The van der Waals surface area contributed by atoms with Gasteiger partial charge in [-0.2, -0.15) is 5.10 Å². The molecule has 24 heavy (non-hydrogen) atoms. The molecule has 3 aromatic rings. The number of nitrogens with zero attached hydrogens (tertiary/aromatic N) is 3. The molecule has 6 nitrogen and oxygen atoms in total. The molecule has 0 aliphatic heterocycles. The molecule has 2 heterocycles. The van der Waals surface area contributed by atoms with E-state index in [2.05, 4.69) is 15.4 Å². The summed E-state index contributed by atoms with van der Waals surface area (Å²) < 4.78 is 7.34. The average Bonchev–Trinajstić information content (AvgIpc) is 2.96. The van der Waals surface area contributed by atoms with Gasteiger partial charge in [-0.05, 0) is 44.5 Å². The van der Waals surface area contributed by atoms with Crippen LogP contribution in [-0.4, -0.2) is 27.3 Å². The van der Waals surface area contributed by atoms with E-state index < -0.39 is 0 Å².